The molecule has 0 aromatic heterocycles. The molecule has 0 atom stereocenters. The molecule has 1 rings (SSSR count). The lowest BCUT2D eigenvalue weighted by Crippen LogP contribution is -2.33. The molecule has 7 heteroatoms. The smallest absolute Gasteiger partial charge is 0.239 e. The number of amides is 1. The second-order valence-electron chi connectivity index (χ2n) is 3.84. The molecule has 0 radical (unpaired) electrons. The molecule has 0 fully saturated rings. The van der Waals surface area contributed by atoms with Crippen molar-refractivity contribution in [2.45, 2.75) is 13.8 Å². The second kappa shape index (κ2) is 6.31. The first-order valence-corrected chi connectivity index (χ1v) is 8.02. The maximum atomic E-state index is 11.6. The number of sulfonamides is 1. The van der Waals surface area contributed by atoms with E-state index < -0.39 is 15.9 Å². The molecular weight excluding hydrogens is 320 g/mol. The van der Waals surface area contributed by atoms with Gasteiger partial charge in [-0.1, -0.05) is 28.1 Å². The van der Waals surface area contributed by atoms with Crippen molar-refractivity contribution in [3.63, 3.8) is 0 Å². The minimum absolute atomic E-state index is 0.225. The second-order valence-corrected chi connectivity index (χ2v) is 6.95. The quantitative estimate of drug-likeness (QED) is 0.801. The van der Waals surface area contributed by atoms with Crippen LogP contribution < -0.4 is 10.0 Å². The standard InChI is InChI=1S/C11H15BrN2O3S/c1-8-4-3-5-10(9(8)2)14-11(15)6-13-18(16,17)7-12/h3-5,13H,6-7H2,1-2H3,(H,14,15). The van der Waals surface area contributed by atoms with Crippen LogP contribution >= 0.6 is 15.9 Å². The fourth-order valence-electron chi connectivity index (χ4n) is 1.29. The lowest BCUT2D eigenvalue weighted by molar-refractivity contribution is -0.115. The molecule has 5 nitrogen and oxygen atoms in total. The summed E-state index contributed by atoms with van der Waals surface area (Å²) in [4.78, 5) is 11.6. The van der Waals surface area contributed by atoms with Crippen molar-refractivity contribution < 1.29 is 13.2 Å². The summed E-state index contributed by atoms with van der Waals surface area (Å²) in [6.45, 7) is 3.56. The first kappa shape index (κ1) is 15.1. The third-order valence-corrected chi connectivity index (χ3v) is 5.15. The van der Waals surface area contributed by atoms with Crippen LogP contribution in [0, 0.1) is 13.8 Å². The molecule has 0 unspecified atom stereocenters. The van der Waals surface area contributed by atoms with E-state index in [1.54, 1.807) is 6.07 Å². The molecule has 1 aromatic rings. The number of nitrogens with one attached hydrogen (secondary N) is 2. The summed E-state index contributed by atoms with van der Waals surface area (Å²) in [5, 5.41) is 2.67. The monoisotopic (exact) mass is 334 g/mol. The topological polar surface area (TPSA) is 75.3 Å². The fourth-order valence-corrected chi connectivity index (χ4v) is 2.21. The Balaban J connectivity index is 2.63. The average molecular weight is 335 g/mol. The van der Waals surface area contributed by atoms with Gasteiger partial charge in [0.25, 0.3) is 0 Å². The van der Waals surface area contributed by atoms with Crippen molar-refractivity contribution in [1.29, 1.82) is 0 Å². The van der Waals surface area contributed by atoms with Gasteiger partial charge in [-0.15, -0.1) is 0 Å². The highest BCUT2D eigenvalue weighted by Crippen LogP contribution is 2.17. The van der Waals surface area contributed by atoms with E-state index in [1.165, 1.54) is 0 Å². The van der Waals surface area contributed by atoms with Crippen LogP contribution in [0.5, 0.6) is 0 Å². The number of hydrogen-bond acceptors (Lipinski definition) is 3. The lowest BCUT2D eigenvalue weighted by atomic mass is 10.1. The van der Waals surface area contributed by atoms with Crippen molar-refractivity contribution in [3.05, 3.63) is 29.3 Å². The number of aryl methyl sites for hydroxylation is 1. The molecule has 1 aromatic carbocycles. The van der Waals surface area contributed by atoms with Gasteiger partial charge in [0, 0.05) is 5.69 Å². The van der Waals surface area contributed by atoms with E-state index in [1.807, 2.05) is 26.0 Å². The lowest BCUT2D eigenvalue weighted by Gasteiger charge is -2.10. The Morgan fingerprint density at radius 2 is 2.00 bits per heavy atom. The van der Waals surface area contributed by atoms with Crippen molar-refractivity contribution in [3.8, 4) is 0 Å². The molecular formula is C11H15BrN2O3S. The van der Waals surface area contributed by atoms with Gasteiger partial charge in [0.1, 0.15) is 4.66 Å². The molecule has 18 heavy (non-hydrogen) atoms. The normalized spacial score (nSPS) is 11.3. The van der Waals surface area contributed by atoms with Crippen LogP contribution in [0.1, 0.15) is 11.1 Å². The van der Waals surface area contributed by atoms with Crippen LogP contribution in [0.3, 0.4) is 0 Å². The van der Waals surface area contributed by atoms with Gasteiger partial charge in [0.15, 0.2) is 0 Å². The molecule has 100 valence electrons. The van der Waals surface area contributed by atoms with Crippen molar-refractivity contribution in [2.24, 2.45) is 0 Å². The number of anilines is 1. The molecule has 0 bridgehead atoms. The first-order valence-electron chi connectivity index (χ1n) is 5.25. The summed E-state index contributed by atoms with van der Waals surface area (Å²) in [6, 6.07) is 5.55. The zero-order chi connectivity index (χ0) is 13.8. The highest BCUT2D eigenvalue weighted by Gasteiger charge is 2.11. The van der Waals surface area contributed by atoms with Crippen LogP contribution in [-0.2, 0) is 14.8 Å². The summed E-state index contributed by atoms with van der Waals surface area (Å²) in [6.07, 6.45) is 0. The number of alkyl halides is 1. The Kier molecular flexibility index (Phi) is 5.30. The predicted molar refractivity (Wildman–Crippen MR) is 75.3 cm³/mol. The number of carbonyl (C=O) groups is 1. The van der Waals surface area contributed by atoms with Crippen LogP contribution in [-0.4, -0.2) is 25.5 Å². The van der Waals surface area contributed by atoms with Gasteiger partial charge in [-0.2, -0.15) is 0 Å². The molecule has 0 aliphatic carbocycles. The van der Waals surface area contributed by atoms with E-state index in [4.69, 9.17) is 0 Å². The zero-order valence-corrected chi connectivity index (χ0v) is 12.6. The molecule has 0 saturated carbocycles. The first-order chi connectivity index (χ1) is 8.35. The van der Waals surface area contributed by atoms with Crippen molar-refractivity contribution in [2.75, 3.05) is 16.5 Å². The molecule has 0 aliphatic rings. The Morgan fingerprint density at radius 3 is 2.61 bits per heavy atom. The molecule has 1 amide bonds. The van der Waals surface area contributed by atoms with Gasteiger partial charge in [0.05, 0.1) is 6.54 Å². The highest BCUT2D eigenvalue weighted by molar-refractivity contribution is 9.10. The van der Waals surface area contributed by atoms with E-state index in [-0.39, 0.29) is 11.2 Å². The summed E-state index contributed by atoms with van der Waals surface area (Å²) >= 11 is 2.83. The Bertz CT molecular complexity index is 543. The number of hydrogen-bond donors (Lipinski definition) is 2. The van der Waals surface area contributed by atoms with E-state index in [0.717, 1.165) is 11.1 Å². The number of carbonyl (C=O) groups excluding carboxylic acids is 1. The number of rotatable bonds is 5. The molecule has 0 heterocycles. The average Bonchev–Trinajstić information content (AvgIpc) is 2.33. The largest absolute Gasteiger partial charge is 0.325 e. The summed E-state index contributed by atoms with van der Waals surface area (Å²) in [7, 11) is -3.42. The Hall–Kier alpha value is -0.920. The molecule has 0 spiro atoms. The van der Waals surface area contributed by atoms with Crippen molar-refractivity contribution in [1.82, 2.24) is 4.72 Å². The zero-order valence-electron chi connectivity index (χ0n) is 10.2. The SMILES string of the molecule is Cc1cccc(NC(=O)CNS(=O)(=O)CBr)c1C. The van der Waals surface area contributed by atoms with E-state index >= 15 is 0 Å². The maximum Gasteiger partial charge on any atom is 0.239 e. The van der Waals surface area contributed by atoms with Crippen LogP contribution in [0.2, 0.25) is 0 Å². The molecule has 2 N–H and O–H groups in total. The Labute approximate surface area is 115 Å². The van der Waals surface area contributed by atoms with Gasteiger partial charge in [-0.05, 0) is 31.0 Å². The summed E-state index contributed by atoms with van der Waals surface area (Å²) in [5.41, 5.74) is 2.72. The number of benzene rings is 1. The molecule has 0 aliphatic heterocycles. The predicted octanol–water partition coefficient (Wildman–Crippen LogP) is 1.51. The molecule has 0 saturated heterocycles. The van der Waals surface area contributed by atoms with Crippen LogP contribution in [0.25, 0.3) is 0 Å². The van der Waals surface area contributed by atoms with Crippen LogP contribution in [0.15, 0.2) is 18.2 Å². The van der Waals surface area contributed by atoms with E-state index in [0.29, 0.717) is 5.69 Å². The van der Waals surface area contributed by atoms with E-state index in [9.17, 15) is 13.2 Å². The van der Waals surface area contributed by atoms with Gasteiger partial charge >= 0.3 is 0 Å². The van der Waals surface area contributed by atoms with Crippen LogP contribution in [0.4, 0.5) is 5.69 Å². The van der Waals surface area contributed by atoms with Gasteiger partial charge < -0.3 is 5.32 Å². The third-order valence-electron chi connectivity index (χ3n) is 2.47. The van der Waals surface area contributed by atoms with Gasteiger partial charge in [0.2, 0.25) is 15.9 Å². The highest BCUT2D eigenvalue weighted by atomic mass is 79.9. The summed E-state index contributed by atoms with van der Waals surface area (Å²) < 4.78 is 24.2. The van der Waals surface area contributed by atoms with Gasteiger partial charge in [-0.25, -0.2) is 13.1 Å². The van der Waals surface area contributed by atoms with Crippen molar-refractivity contribution >= 4 is 37.5 Å². The van der Waals surface area contributed by atoms with E-state index in [2.05, 4.69) is 26.0 Å². The Morgan fingerprint density at radius 1 is 1.33 bits per heavy atom. The minimum Gasteiger partial charge on any atom is -0.325 e. The number of halogens is 1. The summed E-state index contributed by atoms with van der Waals surface area (Å²) in [5.74, 6) is -0.395. The minimum atomic E-state index is -3.42. The fraction of sp³-hybridized carbons (Fsp3) is 0.364. The van der Waals surface area contributed by atoms with Gasteiger partial charge in [-0.3, -0.25) is 4.79 Å². The maximum absolute atomic E-state index is 11.6. The third kappa shape index (κ3) is 4.40.